The third-order valence-corrected chi connectivity index (χ3v) is 6.00. The smallest absolute Gasteiger partial charge is 0.347 e. The van der Waals surface area contributed by atoms with Crippen LogP contribution in [0.3, 0.4) is 0 Å². The molecule has 0 N–H and O–H groups in total. The fraction of sp³-hybridized carbons (Fsp3) is 0.360. The van der Waals surface area contributed by atoms with Gasteiger partial charge in [0.25, 0.3) is 5.56 Å². The summed E-state index contributed by atoms with van der Waals surface area (Å²) >= 11 is 6.91. The first-order chi connectivity index (χ1) is 16.8. The van der Waals surface area contributed by atoms with Gasteiger partial charge in [0.1, 0.15) is 5.82 Å². The maximum Gasteiger partial charge on any atom is 0.347 e. The number of esters is 1. The highest BCUT2D eigenvalue weighted by Crippen LogP contribution is 2.37. The number of hydrogen-bond acceptors (Lipinski definition) is 7. The van der Waals surface area contributed by atoms with Crippen LogP contribution in [-0.2, 0) is 16.0 Å². The quantitative estimate of drug-likeness (QED) is 0.223. The zero-order valence-corrected chi connectivity index (χ0v) is 23.2. The lowest BCUT2D eigenvalue weighted by Crippen LogP contribution is -2.26. The molecule has 3 rings (SSSR count). The van der Waals surface area contributed by atoms with Crippen LogP contribution in [0.25, 0.3) is 10.9 Å². The number of carbonyl (C=O) groups excluding carboxylic acids is 1. The zero-order chi connectivity index (χ0) is 25.5. The van der Waals surface area contributed by atoms with E-state index < -0.39 is 12.1 Å². The van der Waals surface area contributed by atoms with Crippen molar-refractivity contribution in [3.63, 3.8) is 0 Å². The molecule has 0 aliphatic rings. The van der Waals surface area contributed by atoms with Crippen molar-refractivity contribution in [3.05, 3.63) is 61.0 Å². The molecule has 1 atom stereocenters. The van der Waals surface area contributed by atoms with Crippen molar-refractivity contribution in [2.75, 3.05) is 13.2 Å². The minimum absolute atomic E-state index is 0.247. The van der Waals surface area contributed by atoms with Crippen molar-refractivity contribution in [1.82, 2.24) is 9.66 Å². The van der Waals surface area contributed by atoms with Gasteiger partial charge in [-0.2, -0.15) is 9.78 Å². The van der Waals surface area contributed by atoms with Gasteiger partial charge < -0.3 is 14.2 Å². The lowest BCUT2D eigenvalue weighted by Gasteiger charge is -2.18. The Morgan fingerprint density at radius 2 is 1.94 bits per heavy atom. The third kappa shape index (κ3) is 6.49. The van der Waals surface area contributed by atoms with E-state index in [0.29, 0.717) is 51.3 Å². The van der Waals surface area contributed by atoms with Crippen molar-refractivity contribution in [2.45, 2.75) is 46.6 Å². The van der Waals surface area contributed by atoms with Crippen LogP contribution in [0, 0.1) is 0 Å². The maximum atomic E-state index is 13.2. The topological polar surface area (TPSA) is 92.0 Å². The summed E-state index contributed by atoms with van der Waals surface area (Å²) in [5, 5.41) is 4.95. The summed E-state index contributed by atoms with van der Waals surface area (Å²) in [4.78, 5) is 29.9. The van der Waals surface area contributed by atoms with E-state index in [0.717, 1.165) is 10.9 Å². The van der Waals surface area contributed by atoms with E-state index in [2.05, 4.69) is 41.9 Å². The van der Waals surface area contributed by atoms with Crippen molar-refractivity contribution in [3.8, 4) is 11.5 Å². The van der Waals surface area contributed by atoms with Gasteiger partial charge in [-0.05, 0) is 79.0 Å². The molecule has 0 spiro atoms. The summed E-state index contributed by atoms with van der Waals surface area (Å²) in [5.41, 5.74) is 1.05. The number of aryl methyl sites for hydroxylation is 1. The van der Waals surface area contributed by atoms with Gasteiger partial charge >= 0.3 is 5.97 Å². The van der Waals surface area contributed by atoms with E-state index >= 15 is 0 Å². The van der Waals surface area contributed by atoms with Crippen LogP contribution in [0.4, 0.5) is 0 Å². The summed E-state index contributed by atoms with van der Waals surface area (Å²) in [6.07, 6.45) is 2.17. The van der Waals surface area contributed by atoms with Gasteiger partial charge in [0, 0.05) is 10.9 Å². The minimum atomic E-state index is -0.817. The molecule has 186 valence electrons. The van der Waals surface area contributed by atoms with Crippen molar-refractivity contribution < 1.29 is 19.0 Å². The molecule has 1 heterocycles. The molecule has 10 heteroatoms. The molecule has 2 aromatic carbocycles. The second kappa shape index (κ2) is 12.3. The first kappa shape index (κ1) is 26.9. The molecule has 8 nitrogen and oxygen atoms in total. The van der Waals surface area contributed by atoms with Crippen LogP contribution < -0.4 is 15.0 Å². The van der Waals surface area contributed by atoms with Gasteiger partial charge in [0.15, 0.2) is 17.6 Å². The molecule has 1 aromatic heterocycles. The highest BCUT2D eigenvalue weighted by Gasteiger charge is 2.21. The van der Waals surface area contributed by atoms with E-state index in [-0.39, 0.29) is 12.2 Å². The Labute approximate surface area is 220 Å². The molecular weight excluding hydrogens is 582 g/mol. The SMILES string of the molecule is CCCc1nc2ccc(Br)cc2c(=O)n1N=Cc1cc(Br)c(O[C@@H](C)C(=O)OCC)c(OCC)c1. The predicted octanol–water partition coefficient (Wildman–Crippen LogP) is 5.49. The summed E-state index contributed by atoms with van der Waals surface area (Å²) < 4.78 is 19.3. The minimum Gasteiger partial charge on any atom is -0.490 e. The fourth-order valence-electron chi connectivity index (χ4n) is 3.35. The summed E-state index contributed by atoms with van der Waals surface area (Å²) in [6.45, 7) is 7.88. The number of ether oxygens (including phenoxy) is 3. The number of halogens is 2. The first-order valence-electron chi connectivity index (χ1n) is 11.3. The van der Waals surface area contributed by atoms with Gasteiger partial charge in [-0.15, -0.1) is 0 Å². The Balaban J connectivity index is 2.02. The average molecular weight is 609 g/mol. The second-order valence-corrected chi connectivity index (χ2v) is 9.35. The van der Waals surface area contributed by atoms with Crippen molar-refractivity contribution in [1.29, 1.82) is 0 Å². The second-order valence-electron chi connectivity index (χ2n) is 7.58. The first-order valence-corrected chi connectivity index (χ1v) is 12.9. The number of hydrogen-bond donors (Lipinski definition) is 0. The van der Waals surface area contributed by atoms with Gasteiger partial charge in [0.2, 0.25) is 0 Å². The molecule has 0 saturated heterocycles. The molecule has 0 bridgehead atoms. The number of benzene rings is 2. The molecule has 0 radical (unpaired) electrons. The molecular formula is C25H27Br2N3O5. The van der Waals surface area contributed by atoms with Crippen molar-refractivity contribution >= 4 is 54.9 Å². The number of rotatable bonds is 10. The van der Waals surface area contributed by atoms with Crippen molar-refractivity contribution in [2.24, 2.45) is 5.10 Å². The molecule has 3 aromatic rings. The predicted molar refractivity (Wildman–Crippen MR) is 143 cm³/mol. The summed E-state index contributed by atoms with van der Waals surface area (Å²) in [5.74, 6) is 0.924. The molecule has 35 heavy (non-hydrogen) atoms. The number of fused-ring (bicyclic) bond motifs is 1. The van der Waals surface area contributed by atoms with Crippen LogP contribution >= 0.6 is 31.9 Å². The number of aromatic nitrogens is 2. The van der Waals surface area contributed by atoms with Crippen LogP contribution in [0.1, 0.15) is 45.5 Å². The lowest BCUT2D eigenvalue weighted by molar-refractivity contribution is -0.150. The van der Waals surface area contributed by atoms with E-state index in [1.54, 1.807) is 38.3 Å². The van der Waals surface area contributed by atoms with Crippen LogP contribution in [0.2, 0.25) is 0 Å². The maximum absolute atomic E-state index is 13.2. The van der Waals surface area contributed by atoms with E-state index in [1.165, 1.54) is 4.68 Å². The lowest BCUT2D eigenvalue weighted by atomic mass is 10.2. The number of nitrogens with zero attached hydrogens (tertiary/aromatic N) is 3. The summed E-state index contributed by atoms with van der Waals surface area (Å²) in [6, 6.07) is 8.93. The number of carbonyl (C=O) groups is 1. The molecule has 0 amide bonds. The Hall–Kier alpha value is -2.72. The Bertz CT molecular complexity index is 1310. The van der Waals surface area contributed by atoms with Crippen LogP contribution in [-0.4, -0.2) is 41.2 Å². The Kier molecular flexibility index (Phi) is 9.45. The highest BCUT2D eigenvalue weighted by molar-refractivity contribution is 9.10. The Morgan fingerprint density at radius 3 is 2.63 bits per heavy atom. The van der Waals surface area contributed by atoms with Crippen LogP contribution in [0.5, 0.6) is 11.5 Å². The molecule has 0 aliphatic carbocycles. The third-order valence-electron chi connectivity index (χ3n) is 4.92. The van der Waals surface area contributed by atoms with Gasteiger partial charge in [0.05, 0.1) is 34.8 Å². The Morgan fingerprint density at radius 1 is 1.17 bits per heavy atom. The van der Waals surface area contributed by atoms with Gasteiger partial charge in [-0.1, -0.05) is 22.9 Å². The molecule has 0 aliphatic heterocycles. The van der Waals surface area contributed by atoms with Crippen LogP contribution in [0.15, 0.2) is 49.2 Å². The average Bonchev–Trinajstić information content (AvgIpc) is 2.82. The largest absolute Gasteiger partial charge is 0.490 e. The molecule has 0 fully saturated rings. The highest BCUT2D eigenvalue weighted by atomic mass is 79.9. The normalized spacial score (nSPS) is 12.2. The fourth-order valence-corrected chi connectivity index (χ4v) is 4.26. The monoisotopic (exact) mass is 607 g/mol. The molecule has 0 unspecified atom stereocenters. The van der Waals surface area contributed by atoms with E-state index in [9.17, 15) is 9.59 Å². The van der Waals surface area contributed by atoms with Gasteiger partial charge in [-0.3, -0.25) is 4.79 Å². The van der Waals surface area contributed by atoms with E-state index in [4.69, 9.17) is 14.2 Å². The standard InChI is InChI=1S/C25H27Br2N3O5/c1-5-8-22-29-20-10-9-17(26)13-18(20)24(31)30(22)28-14-16-11-19(27)23(21(12-16)33-6-2)35-15(4)25(32)34-7-3/h9-15H,5-8H2,1-4H3/t15-/m0/s1. The van der Waals surface area contributed by atoms with E-state index in [1.807, 2.05) is 26.0 Å². The zero-order valence-electron chi connectivity index (χ0n) is 20.0. The summed E-state index contributed by atoms with van der Waals surface area (Å²) in [7, 11) is 0. The molecule has 0 saturated carbocycles. The van der Waals surface area contributed by atoms with Gasteiger partial charge in [-0.25, -0.2) is 9.78 Å².